The molecule has 1 N–H and O–H groups in total. The minimum atomic E-state index is 1.21. The molecule has 0 unspecified atom stereocenters. The van der Waals surface area contributed by atoms with Crippen LogP contribution in [0.5, 0.6) is 0 Å². The number of para-hydroxylation sites is 1. The Morgan fingerprint density at radius 2 is 1.90 bits per heavy atom. The van der Waals surface area contributed by atoms with Crippen molar-refractivity contribution in [1.29, 1.82) is 0 Å². The molecule has 0 saturated heterocycles. The Kier molecular flexibility index (Phi) is 2.51. The summed E-state index contributed by atoms with van der Waals surface area (Å²) in [6.45, 7) is 2.17. The highest BCUT2D eigenvalue weighted by Crippen LogP contribution is 2.47. The number of rotatable bonds is 0. The molecule has 4 rings (SSSR count). The molecule has 1 aliphatic heterocycles. The maximum Gasteiger partial charge on any atom is 0.214 e. The summed E-state index contributed by atoms with van der Waals surface area (Å²) < 4.78 is 2.20. The monoisotopic (exact) mass is 279 g/mol. The Hall–Kier alpha value is -2.00. The number of hydrogen-bond acceptors (Lipinski definition) is 2. The van der Waals surface area contributed by atoms with Gasteiger partial charge in [-0.2, -0.15) is 4.57 Å². The zero-order valence-corrected chi connectivity index (χ0v) is 12.3. The third-order valence-electron chi connectivity index (χ3n) is 3.79. The standard InChI is InChI=1S/C17H14N2S/c1-11-6-5-8-13-17(11)20-15-10-19(2)14-9-4-3-7-12(14)16(15)18-13/h3-10H,1-2H3/p+1. The highest BCUT2D eigenvalue weighted by atomic mass is 32.2. The topological polar surface area (TPSA) is 15.9 Å². The summed E-state index contributed by atoms with van der Waals surface area (Å²) in [5.41, 5.74) is 5.00. The van der Waals surface area contributed by atoms with Gasteiger partial charge in [-0.1, -0.05) is 36.0 Å². The first-order chi connectivity index (χ1) is 9.74. The number of benzene rings is 2. The maximum absolute atomic E-state index is 3.62. The number of nitrogens with zero attached hydrogens (tertiary/aromatic N) is 1. The summed E-state index contributed by atoms with van der Waals surface area (Å²) >= 11 is 1.85. The molecule has 0 atom stereocenters. The van der Waals surface area contributed by atoms with Gasteiger partial charge in [0, 0.05) is 11.0 Å². The Bertz CT molecular complexity index is 840. The number of aromatic nitrogens is 1. The van der Waals surface area contributed by atoms with Crippen LogP contribution in [-0.4, -0.2) is 0 Å². The normalized spacial score (nSPS) is 12.7. The van der Waals surface area contributed by atoms with E-state index in [0.717, 1.165) is 0 Å². The molecule has 0 saturated carbocycles. The number of anilines is 2. The predicted octanol–water partition coefficient (Wildman–Crippen LogP) is 4.18. The lowest BCUT2D eigenvalue weighted by atomic mass is 10.1. The van der Waals surface area contributed by atoms with Crippen LogP contribution in [0.2, 0.25) is 0 Å². The molecular formula is C17H15N2S+. The number of fused-ring (bicyclic) bond motifs is 4. The fraction of sp³-hybridized carbons (Fsp3) is 0.118. The van der Waals surface area contributed by atoms with E-state index in [9.17, 15) is 0 Å². The first kappa shape index (κ1) is 11.8. The van der Waals surface area contributed by atoms with Crippen molar-refractivity contribution in [3.05, 3.63) is 54.2 Å². The maximum atomic E-state index is 3.62. The summed E-state index contributed by atoms with van der Waals surface area (Å²) in [5.74, 6) is 0. The van der Waals surface area contributed by atoms with Crippen molar-refractivity contribution in [2.75, 3.05) is 5.32 Å². The van der Waals surface area contributed by atoms with E-state index >= 15 is 0 Å². The Morgan fingerprint density at radius 1 is 1.05 bits per heavy atom. The first-order valence-electron chi connectivity index (χ1n) is 6.70. The van der Waals surface area contributed by atoms with Gasteiger partial charge < -0.3 is 5.32 Å². The fourth-order valence-electron chi connectivity index (χ4n) is 2.77. The highest BCUT2D eigenvalue weighted by molar-refractivity contribution is 7.99. The Morgan fingerprint density at radius 3 is 2.80 bits per heavy atom. The summed E-state index contributed by atoms with van der Waals surface area (Å²) in [6, 6.07) is 15.0. The molecule has 0 aliphatic carbocycles. The van der Waals surface area contributed by atoms with Gasteiger partial charge in [-0.15, -0.1) is 0 Å². The van der Waals surface area contributed by atoms with E-state index < -0.39 is 0 Å². The van der Waals surface area contributed by atoms with E-state index in [1.807, 2.05) is 11.8 Å². The van der Waals surface area contributed by atoms with Crippen LogP contribution in [0.25, 0.3) is 10.9 Å². The quantitative estimate of drug-likeness (QED) is 0.486. The number of hydrogen-bond donors (Lipinski definition) is 1. The van der Waals surface area contributed by atoms with Crippen molar-refractivity contribution in [3.8, 4) is 0 Å². The lowest BCUT2D eigenvalue weighted by Gasteiger charge is -2.22. The summed E-state index contributed by atoms with van der Waals surface area (Å²) in [7, 11) is 2.11. The second-order valence-corrected chi connectivity index (χ2v) is 6.23. The van der Waals surface area contributed by atoms with Gasteiger partial charge in [0.15, 0.2) is 6.20 Å². The van der Waals surface area contributed by atoms with Crippen molar-refractivity contribution >= 4 is 34.0 Å². The largest absolute Gasteiger partial charge is 0.353 e. The van der Waals surface area contributed by atoms with Gasteiger partial charge in [-0.3, -0.25) is 0 Å². The summed E-state index contributed by atoms with van der Waals surface area (Å²) in [4.78, 5) is 2.61. The molecule has 0 fully saturated rings. The lowest BCUT2D eigenvalue weighted by molar-refractivity contribution is -0.646. The van der Waals surface area contributed by atoms with Crippen LogP contribution < -0.4 is 9.88 Å². The average molecular weight is 279 g/mol. The van der Waals surface area contributed by atoms with Crippen LogP contribution in [0.15, 0.2) is 58.5 Å². The van der Waals surface area contributed by atoms with E-state index in [-0.39, 0.29) is 0 Å². The highest BCUT2D eigenvalue weighted by Gasteiger charge is 2.23. The van der Waals surface area contributed by atoms with Crippen LogP contribution in [-0.2, 0) is 7.05 Å². The van der Waals surface area contributed by atoms with E-state index in [4.69, 9.17) is 0 Å². The Balaban J connectivity index is 2.00. The molecular weight excluding hydrogens is 264 g/mol. The van der Waals surface area contributed by atoms with Crippen molar-refractivity contribution < 1.29 is 4.57 Å². The zero-order valence-electron chi connectivity index (χ0n) is 11.5. The first-order valence-corrected chi connectivity index (χ1v) is 7.51. The molecule has 2 heterocycles. The van der Waals surface area contributed by atoms with E-state index in [1.165, 1.54) is 37.6 Å². The van der Waals surface area contributed by atoms with Crippen molar-refractivity contribution in [2.24, 2.45) is 7.05 Å². The number of pyridine rings is 1. The van der Waals surface area contributed by atoms with Crippen LogP contribution in [0, 0.1) is 6.92 Å². The Labute approximate surface area is 122 Å². The van der Waals surface area contributed by atoms with Crippen molar-refractivity contribution in [1.82, 2.24) is 0 Å². The zero-order chi connectivity index (χ0) is 13.7. The molecule has 2 aromatic carbocycles. The molecule has 0 spiro atoms. The minimum Gasteiger partial charge on any atom is -0.353 e. The SMILES string of the molecule is Cc1cccc2c1Sc1c[n+](C)c3ccccc3c1N2. The molecule has 3 aromatic rings. The smallest absolute Gasteiger partial charge is 0.214 e. The van der Waals surface area contributed by atoms with E-state index in [1.54, 1.807) is 0 Å². The molecule has 1 aliphatic rings. The lowest BCUT2D eigenvalue weighted by Crippen LogP contribution is -2.29. The van der Waals surface area contributed by atoms with Gasteiger partial charge in [0.1, 0.15) is 11.9 Å². The van der Waals surface area contributed by atoms with Gasteiger partial charge in [0.05, 0.1) is 16.8 Å². The van der Waals surface area contributed by atoms with Gasteiger partial charge in [-0.25, -0.2) is 0 Å². The third-order valence-corrected chi connectivity index (χ3v) is 5.07. The minimum absolute atomic E-state index is 1.21. The molecule has 0 radical (unpaired) electrons. The predicted molar refractivity (Wildman–Crippen MR) is 83.7 cm³/mol. The molecule has 1 aromatic heterocycles. The van der Waals surface area contributed by atoms with Gasteiger partial charge in [0.2, 0.25) is 5.52 Å². The molecule has 20 heavy (non-hydrogen) atoms. The fourth-order valence-corrected chi connectivity index (χ4v) is 3.92. The van der Waals surface area contributed by atoms with Crippen LogP contribution >= 0.6 is 11.8 Å². The summed E-state index contributed by atoms with van der Waals surface area (Å²) in [6.07, 6.45) is 2.21. The number of aryl methyl sites for hydroxylation is 2. The molecule has 0 amide bonds. The molecule has 3 heteroatoms. The van der Waals surface area contributed by atoms with E-state index in [2.05, 4.69) is 72.5 Å². The van der Waals surface area contributed by atoms with Gasteiger partial charge in [-0.05, 0) is 24.6 Å². The summed E-state index contributed by atoms with van der Waals surface area (Å²) in [5, 5.41) is 4.89. The average Bonchev–Trinajstić information content (AvgIpc) is 2.47. The second-order valence-electron chi connectivity index (χ2n) is 5.18. The molecule has 0 bridgehead atoms. The van der Waals surface area contributed by atoms with Crippen LogP contribution in [0.1, 0.15) is 5.56 Å². The van der Waals surface area contributed by atoms with Crippen LogP contribution in [0.3, 0.4) is 0 Å². The van der Waals surface area contributed by atoms with Crippen molar-refractivity contribution in [3.63, 3.8) is 0 Å². The third kappa shape index (κ3) is 1.63. The van der Waals surface area contributed by atoms with Gasteiger partial charge in [0.25, 0.3) is 0 Å². The number of nitrogens with one attached hydrogen (secondary N) is 1. The second kappa shape index (κ2) is 4.25. The molecule has 2 nitrogen and oxygen atoms in total. The van der Waals surface area contributed by atoms with Crippen LogP contribution in [0.4, 0.5) is 11.4 Å². The molecule has 98 valence electrons. The van der Waals surface area contributed by atoms with Gasteiger partial charge >= 0.3 is 0 Å². The van der Waals surface area contributed by atoms with Crippen molar-refractivity contribution in [2.45, 2.75) is 16.7 Å². The van der Waals surface area contributed by atoms with E-state index in [0.29, 0.717) is 0 Å².